The number of nitrogens with one attached hydrogen (secondary N) is 3. The van der Waals surface area contributed by atoms with Crippen molar-refractivity contribution in [2.75, 3.05) is 32.9 Å². The number of nitrogens with zero attached hydrogens (tertiary/aromatic N) is 1. The maximum Gasteiger partial charge on any atom is 0.191 e. The van der Waals surface area contributed by atoms with Crippen LogP contribution in [-0.2, 0) is 16.0 Å². The van der Waals surface area contributed by atoms with Crippen LogP contribution in [0.15, 0.2) is 35.3 Å². The number of hydrogen-bond acceptors (Lipinski definition) is 3. The van der Waals surface area contributed by atoms with Gasteiger partial charge in [-0.25, -0.2) is 4.99 Å². The van der Waals surface area contributed by atoms with Crippen LogP contribution in [0.25, 0.3) is 10.9 Å². The topological polar surface area (TPSA) is 70.7 Å². The number of para-hydroxylation sites is 1. The summed E-state index contributed by atoms with van der Waals surface area (Å²) >= 11 is 0. The highest BCUT2D eigenvalue weighted by atomic mass is 16.5. The van der Waals surface area contributed by atoms with Gasteiger partial charge in [0.2, 0.25) is 0 Å². The van der Waals surface area contributed by atoms with Gasteiger partial charge in [-0.1, -0.05) is 18.2 Å². The second-order valence-electron chi connectivity index (χ2n) is 6.21. The standard InChI is InChI=1S/C19H28N4O2/c1-2-20-19(21-9-5-10-25-17-8-11-24-14-17)22-13-16-12-15-6-3-4-7-18(15)23-16/h3-4,6-7,12,17,23H,2,5,8-11,13-14H2,1H3,(H2,20,21,22). The van der Waals surface area contributed by atoms with E-state index in [1.165, 1.54) is 5.39 Å². The maximum absolute atomic E-state index is 5.78. The third-order valence-corrected chi connectivity index (χ3v) is 4.19. The average Bonchev–Trinajstić information content (AvgIpc) is 3.28. The van der Waals surface area contributed by atoms with Crippen molar-refractivity contribution in [1.82, 2.24) is 15.6 Å². The van der Waals surface area contributed by atoms with E-state index in [-0.39, 0.29) is 6.10 Å². The van der Waals surface area contributed by atoms with Gasteiger partial charge in [0.05, 0.1) is 19.3 Å². The predicted molar refractivity (Wildman–Crippen MR) is 101 cm³/mol. The number of H-pyrrole nitrogens is 1. The molecule has 2 aromatic rings. The Kier molecular flexibility index (Phi) is 6.71. The minimum Gasteiger partial charge on any atom is -0.379 e. The molecule has 3 N–H and O–H groups in total. The summed E-state index contributed by atoms with van der Waals surface area (Å²) in [5.41, 5.74) is 2.27. The van der Waals surface area contributed by atoms with E-state index in [1.54, 1.807) is 0 Å². The molecule has 1 aromatic heterocycles. The van der Waals surface area contributed by atoms with E-state index >= 15 is 0 Å². The van der Waals surface area contributed by atoms with Crippen molar-refractivity contribution in [2.24, 2.45) is 4.99 Å². The summed E-state index contributed by atoms with van der Waals surface area (Å²) in [5.74, 6) is 0.838. The van der Waals surface area contributed by atoms with Crippen LogP contribution in [0, 0.1) is 0 Å². The molecular weight excluding hydrogens is 316 g/mol. The van der Waals surface area contributed by atoms with E-state index in [2.05, 4.69) is 51.8 Å². The summed E-state index contributed by atoms with van der Waals surface area (Å²) < 4.78 is 11.1. The van der Waals surface area contributed by atoms with Crippen molar-refractivity contribution in [3.63, 3.8) is 0 Å². The van der Waals surface area contributed by atoms with Crippen LogP contribution in [0.3, 0.4) is 0 Å². The first-order valence-corrected chi connectivity index (χ1v) is 9.13. The predicted octanol–water partition coefficient (Wildman–Crippen LogP) is 2.42. The second kappa shape index (κ2) is 9.44. The molecule has 0 bridgehead atoms. The molecule has 0 spiro atoms. The van der Waals surface area contributed by atoms with E-state index in [4.69, 9.17) is 9.47 Å². The van der Waals surface area contributed by atoms with Crippen molar-refractivity contribution >= 4 is 16.9 Å². The van der Waals surface area contributed by atoms with Crippen molar-refractivity contribution in [3.05, 3.63) is 36.0 Å². The van der Waals surface area contributed by atoms with Gasteiger partial charge < -0.3 is 25.1 Å². The largest absolute Gasteiger partial charge is 0.379 e. The lowest BCUT2D eigenvalue weighted by Crippen LogP contribution is -2.38. The zero-order valence-electron chi connectivity index (χ0n) is 14.9. The normalized spacial score (nSPS) is 18.0. The number of rotatable bonds is 8. The lowest BCUT2D eigenvalue weighted by atomic mass is 10.2. The zero-order valence-corrected chi connectivity index (χ0v) is 14.9. The van der Waals surface area contributed by atoms with Gasteiger partial charge in [-0.15, -0.1) is 0 Å². The lowest BCUT2D eigenvalue weighted by molar-refractivity contribution is 0.0420. The first kappa shape index (κ1) is 17.8. The first-order chi connectivity index (χ1) is 12.3. The summed E-state index contributed by atoms with van der Waals surface area (Å²) in [7, 11) is 0. The van der Waals surface area contributed by atoms with Crippen LogP contribution in [0.4, 0.5) is 0 Å². The molecule has 6 nitrogen and oxygen atoms in total. The van der Waals surface area contributed by atoms with Crippen LogP contribution in [0.5, 0.6) is 0 Å². The fraction of sp³-hybridized carbons (Fsp3) is 0.526. The summed E-state index contributed by atoms with van der Waals surface area (Å²) in [5, 5.41) is 7.87. The molecular formula is C19H28N4O2. The van der Waals surface area contributed by atoms with Gasteiger partial charge in [0.1, 0.15) is 0 Å². The highest BCUT2D eigenvalue weighted by molar-refractivity contribution is 5.81. The van der Waals surface area contributed by atoms with E-state index in [9.17, 15) is 0 Å². The van der Waals surface area contributed by atoms with Gasteiger partial charge in [-0.05, 0) is 37.3 Å². The minimum atomic E-state index is 0.281. The molecule has 6 heteroatoms. The van der Waals surface area contributed by atoms with E-state index in [1.807, 2.05) is 6.07 Å². The molecule has 1 aliphatic rings. The molecule has 1 saturated heterocycles. The first-order valence-electron chi connectivity index (χ1n) is 9.13. The van der Waals surface area contributed by atoms with Crippen LogP contribution in [-0.4, -0.2) is 50.0 Å². The van der Waals surface area contributed by atoms with Crippen LogP contribution < -0.4 is 10.6 Å². The molecule has 0 saturated carbocycles. The molecule has 1 atom stereocenters. The van der Waals surface area contributed by atoms with Crippen molar-refractivity contribution in [2.45, 2.75) is 32.4 Å². The Morgan fingerprint density at radius 1 is 1.36 bits per heavy atom. The number of aromatic nitrogens is 1. The molecule has 2 heterocycles. The fourth-order valence-corrected chi connectivity index (χ4v) is 2.90. The Balaban J connectivity index is 1.43. The maximum atomic E-state index is 5.78. The number of aromatic amines is 1. The summed E-state index contributed by atoms with van der Waals surface area (Å²) in [6, 6.07) is 10.4. The van der Waals surface area contributed by atoms with Crippen LogP contribution in [0.1, 0.15) is 25.5 Å². The van der Waals surface area contributed by atoms with Gasteiger partial charge >= 0.3 is 0 Å². The third kappa shape index (κ3) is 5.47. The van der Waals surface area contributed by atoms with Gasteiger partial charge in [0.15, 0.2) is 5.96 Å². The Morgan fingerprint density at radius 2 is 2.28 bits per heavy atom. The Morgan fingerprint density at radius 3 is 3.08 bits per heavy atom. The Hall–Kier alpha value is -2.05. The summed E-state index contributed by atoms with van der Waals surface area (Å²) in [6.45, 7) is 6.70. The van der Waals surface area contributed by atoms with Crippen molar-refractivity contribution in [1.29, 1.82) is 0 Å². The fourth-order valence-electron chi connectivity index (χ4n) is 2.90. The van der Waals surface area contributed by atoms with Gasteiger partial charge in [-0.2, -0.15) is 0 Å². The molecule has 1 aliphatic heterocycles. The minimum absolute atomic E-state index is 0.281. The number of ether oxygens (including phenoxy) is 2. The molecule has 1 unspecified atom stereocenters. The van der Waals surface area contributed by atoms with Crippen LogP contribution in [0.2, 0.25) is 0 Å². The van der Waals surface area contributed by atoms with Gasteiger partial charge in [0.25, 0.3) is 0 Å². The molecule has 0 radical (unpaired) electrons. The van der Waals surface area contributed by atoms with Crippen molar-refractivity contribution in [3.8, 4) is 0 Å². The highest BCUT2D eigenvalue weighted by Gasteiger charge is 2.15. The lowest BCUT2D eigenvalue weighted by Gasteiger charge is -2.12. The van der Waals surface area contributed by atoms with E-state index in [0.29, 0.717) is 6.54 Å². The molecule has 1 aromatic carbocycles. The number of benzene rings is 1. The SMILES string of the molecule is CCNC(=NCc1cc2ccccc2[nH]1)NCCCOC1CCOC1. The number of aliphatic imine (C=N–C) groups is 1. The zero-order chi connectivity index (χ0) is 17.3. The summed E-state index contributed by atoms with van der Waals surface area (Å²) in [6.07, 6.45) is 2.25. The summed E-state index contributed by atoms with van der Waals surface area (Å²) in [4.78, 5) is 8.06. The number of fused-ring (bicyclic) bond motifs is 1. The van der Waals surface area contributed by atoms with Crippen molar-refractivity contribution < 1.29 is 9.47 Å². The monoisotopic (exact) mass is 344 g/mol. The van der Waals surface area contributed by atoms with Gasteiger partial charge in [0, 0.05) is 37.5 Å². The molecule has 0 amide bonds. The van der Waals surface area contributed by atoms with E-state index in [0.717, 1.165) is 62.9 Å². The Labute approximate surface area is 149 Å². The molecule has 3 rings (SSSR count). The highest BCUT2D eigenvalue weighted by Crippen LogP contribution is 2.15. The second-order valence-corrected chi connectivity index (χ2v) is 6.21. The third-order valence-electron chi connectivity index (χ3n) is 4.19. The average molecular weight is 344 g/mol. The molecule has 25 heavy (non-hydrogen) atoms. The number of hydrogen-bond donors (Lipinski definition) is 3. The Bertz CT molecular complexity index is 644. The smallest absolute Gasteiger partial charge is 0.191 e. The van der Waals surface area contributed by atoms with Crippen LogP contribution >= 0.6 is 0 Å². The quantitative estimate of drug-likeness (QED) is 0.391. The van der Waals surface area contributed by atoms with E-state index < -0.39 is 0 Å². The number of guanidine groups is 1. The van der Waals surface area contributed by atoms with Gasteiger partial charge in [-0.3, -0.25) is 0 Å². The molecule has 136 valence electrons. The molecule has 0 aliphatic carbocycles. The molecule has 1 fully saturated rings.